The Bertz CT molecular complexity index is 820. The normalized spacial score (nSPS) is 11.5. The number of hydrogen-bond donors (Lipinski definition) is 1. The number of hydrogen-bond acceptors (Lipinski definition) is 5. The van der Waals surface area contributed by atoms with Gasteiger partial charge in [-0.2, -0.15) is 0 Å². The summed E-state index contributed by atoms with van der Waals surface area (Å²) in [5.74, 6) is -0.220. The fourth-order valence-corrected chi connectivity index (χ4v) is 3.58. The first-order valence-electron chi connectivity index (χ1n) is 8.56. The van der Waals surface area contributed by atoms with E-state index in [-0.39, 0.29) is 11.9 Å². The summed E-state index contributed by atoms with van der Waals surface area (Å²) in [6.45, 7) is 9.73. The number of carbonyl (C=O) groups excluding carboxylic acids is 2. The Morgan fingerprint density at radius 1 is 1.27 bits per heavy atom. The number of rotatable bonds is 6. The van der Waals surface area contributed by atoms with Crippen LogP contribution in [0.1, 0.15) is 54.8 Å². The number of aryl methyl sites for hydroxylation is 1. The zero-order valence-electron chi connectivity index (χ0n) is 15.8. The van der Waals surface area contributed by atoms with Crippen LogP contribution < -0.4 is 5.32 Å². The lowest BCUT2D eigenvalue weighted by Gasteiger charge is -2.06. The maximum atomic E-state index is 12.5. The van der Waals surface area contributed by atoms with Crippen molar-refractivity contribution in [2.75, 3.05) is 11.9 Å². The summed E-state index contributed by atoms with van der Waals surface area (Å²) in [6, 6.07) is 7.27. The van der Waals surface area contributed by atoms with Crippen molar-refractivity contribution < 1.29 is 14.3 Å². The monoisotopic (exact) mass is 372 g/mol. The van der Waals surface area contributed by atoms with Crippen molar-refractivity contribution in [2.24, 2.45) is 0 Å². The van der Waals surface area contributed by atoms with Crippen LogP contribution in [0.15, 0.2) is 24.3 Å². The molecule has 5 nitrogen and oxygen atoms in total. The minimum Gasteiger partial charge on any atom is -0.462 e. The summed E-state index contributed by atoms with van der Waals surface area (Å²) in [6.07, 6.45) is 1.78. The van der Waals surface area contributed by atoms with E-state index in [1.165, 1.54) is 18.3 Å². The van der Waals surface area contributed by atoms with Crippen LogP contribution in [-0.4, -0.2) is 23.5 Å². The Balaban J connectivity index is 2.41. The van der Waals surface area contributed by atoms with Crippen LogP contribution in [0.3, 0.4) is 0 Å². The number of ether oxygens (including phenoxy) is 1. The second-order valence-corrected chi connectivity index (χ2v) is 7.40. The van der Waals surface area contributed by atoms with Crippen LogP contribution >= 0.6 is 11.3 Å². The highest BCUT2D eigenvalue weighted by atomic mass is 32.1. The van der Waals surface area contributed by atoms with E-state index in [1.54, 1.807) is 25.1 Å². The molecule has 0 spiro atoms. The molecule has 2 rings (SSSR count). The van der Waals surface area contributed by atoms with E-state index in [0.717, 1.165) is 16.1 Å². The quantitative estimate of drug-likeness (QED) is 0.592. The van der Waals surface area contributed by atoms with E-state index in [1.807, 2.05) is 19.1 Å². The molecule has 1 aromatic carbocycles. The average molecular weight is 372 g/mol. The summed E-state index contributed by atoms with van der Waals surface area (Å²) in [7, 11) is 0. The number of anilines is 1. The molecular formula is C20H24N2O3S. The average Bonchev–Trinajstić information content (AvgIpc) is 2.95. The van der Waals surface area contributed by atoms with Crippen molar-refractivity contribution in [3.05, 3.63) is 45.4 Å². The molecule has 0 bridgehead atoms. The van der Waals surface area contributed by atoms with Gasteiger partial charge in [0.2, 0.25) is 5.91 Å². The molecule has 1 aromatic heterocycles. The van der Waals surface area contributed by atoms with E-state index < -0.39 is 0 Å². The predicted molar refractivity (Wildman–Crippen MR) is 106 cm³/mol. The van der Waals surface area contributed by atoms with E-state index in [4.69, 9.17) is 4.74 Å². The fraction of sp³-hybridized carbons (Fsp3) is 0.350. The van der Waals surface area contributed by atoms with Crippen LogP contribution in [-0.2, 0) is 14.3 Å². The van der Waals surface area contributed by atoms with Crippen molar-refractivity contribution in [3.63, 3.8) is 0 Å². The molecule has 0 atom stereocenters. The van der Waals surface area contributed by atoms with Crippen molar-refractivity contribution in [1.82, 2.24) is 4.98 Å². The van der Waals surface area contributed by atoms with E-state index >= 15 is 0 Å². The Morgan fingerprint density at radius 3 is 2.42 bits per heavy atom. The van der Waals surface area contributed by atoms with Crippen molar-refractivity contribution >= 4 is 40.5 Å². The van der Waals surface area contributed by atoms with Gasteiger partial charge < -0.3 is 10.1 Å². The molecule has 0 aliphatic carbocycles. The summed E-state index contributed by atoms with van der Waals surface area (Å²) in [4.78, 5) is 29.4. The lowest BCUT2D eigenvalue weighted by Crippen LogP contribution is -2.07. The maximum absolute atomic E-state index is 12.5. The van der Waals surface area contributed by atoms with E-state index in [0.29, 0.717) is 28.8 Å². The molecule has 0 fully saturated rings. The van der Waals surface area contributed by atoms with Gasteiger partial charge in [-0.25, -0.2) is 9.78 Å². The van der Waals surface area contributed by atoms with Gasteiger partial charge in [-0.05, 0) is 43.5 Å². The maximum Gasteiger partial charge on any atom is 0.341 e. The molecule has 0 unspecified atom stereocenters. The van der Waals surface area contributed by atoms with Crippen LogP contribution in [0.2, 0.25) is 0 Å². The number of nitrogens with one attached hydrogen (secondary N) is 1. The van der Waals surface area contributed by atoms with Gasteiger partial charge in [0, 0.05) is 17.5 Å². The van der Waals surface area contributed by atoms with Crippen molar-refractivity contribution in [1.29, 1.82) is 0 Å². The second kappa shape index (κ2) is 8.76. The molecule has 138 valence electrons. The number of nitrogens with zero attached hydrogens (tertiary/aromatic N) is 1. The summed E-state index contributed by atoms with van der Waals surface area (Å²) in [5, 5.41) is 3.38. The van der Waals surface area contributed by atoms with Gasteiger partial charge in [0.05, 0.1) is 17.9 Å². The molecule has 0 aliphatic heterocycles. The minimum absolute atomic E-state index is 0.125. The first kappa shape index (κ1) is 19.8. The zero-order chi connectivity index (χ0) is 19.3. The summed E-state index contributed by atoms with van der Waals surface area (Å²) in [5.41, 5.74) is 2.99. The van der Waals surface area contributed by atoms with Gasteiger partial charge in [-0.1, -0.05) is 26.0 Å². The molecule has 26 heavy (non-hydrogen) atoms. The molecule has 0 saturated heterocycles. The van der Waals surface area contributed by atoms with Crippen molar-refractivity contribution in [3.8, 4) is 0 Å². The third kappa shape index (κ3) is 5.02. The molecule has 1 amide bonds. The third-order valence-corrected chi connectivity index (χ3v) is 4.67. The largest absolute Gasteiger partial charge is 0.462 e. The molecule has 1 heterocycles. The van der Waals surface area contributed by atoms with Gasteiger partial charge in [-0.15, -0.1) is 11.3 Å². The van der Waals surface area contributed by atoms with Gasteiger partial charge in [0.15, 0.2) is 0 Å². The first-order chi connectivity index (χ1) is 12.3. The van der Waals surface area contributed by atoms with Gasteiger partial charge in [0.25, 0.3) is 0 Å². The molecule has 0 radical (unpaired) electrons. The lowest BCUT2D eigenvalue weighted by atomic mass is 10.1. The van der Waals surface area contributed by atoms with E-state index in [9.17, 15) is 9.59 Å². The van der Waals surface area contributed by atoms with Crippen LogP contribution in [0.25, 0.3) is 11.6 Å². The first-order valence-corrected chi connectivity index (χ1v) is 9.37. The molecule has 1 N–H and O–H groups in total. The number of aromatic nitrogens is 1. The Hall–Kier alpha value is -2.47. The lowest BCUT2D eigenvalue weighted by molar-refractivity contribution is -0.136. The predicted octanol–water partition coefficient (Wildman–Crippen LogP) is 4.64. The smallest absolute Gasteiger partial charge is 0.341 e. The minimum atomic E-state index is -0.387. The molecule has 6 heteroatoms. The highest BCUT2D eigenvalue weighted by molar-refractivity contribution is 7.13. The second-order valence-electron chi connectivity index (χ2n) is 6.20. The Morgan fingerprint density at radius 2 is 1.92 bits per heavy atom. The van der Waals surface area contributed by atoms with Gasteiger partial charge in [-0.3, -0.25) is 4.79 Å². The molecule has 0 saturated carbocycles. The van der Waals surface area contributed by atoms with Crippen LogP contribution in [0.5, 0.6) is 0 Å². The van der Waals surface area contributed by atoms with E-state index in [2.05, 4.69) is 24.1 Å². The highest BCUT2D eigenvalue weighted by Gasteiger charge is 2.20. The molecular weight excluding hydrogens is 348 g/mol. The number of esters is 1. The van der Waals surface area contributed by atoms with Gasteiger partial charge >= 0.3 is 5.97 Å². The standard InChI is InChI=1S/C20H24N2O3S/c1-6-25-20(24)17(19-22-18(12(2)3)13(4)26-19)11-15-7-9-16(10-8-15)21-14(5)23/h7-12H,6H2,1-5H3,(H,21,23). The number of thiazole rings is 1. The highest BCUT2D eigenvalue weighted by Crippen LogP contribution is 2.30. The van der Waals surface area contributed by atoms with Crippen LogP contribution in [0, 0.1) is 6.92 Å². The molecule has 0 aliphatic rings. The number of carbonyl (C=O) groups is 2. The van der Waals surface area contributed by atoms with Gasteiger partial charge in [0.1, 0.15) is 5.01 Å². The Kier molecular flexibility index (Phi) is 6.69. The zero-order valence-corrected chi connectivity index (χ0v) is 16.6. The summed E-state index contributed by atoms with van der Waals surface area (Å²) < 4.78 is 5.22. The van der Waals surface area contributed by atoms with Crippen LogP contribution in [0.4, 0.5) is 5.69 Å². The fourth-order valence-electron chi connectivity index (χ4n) is 2.51. The SMILES string of the molecule is CCOC(=O)C(=Cc1ccc(NC(C)=O)cc1)c1nc(C(C)C)c(C)s1. The van der Waals surface area contributed by atoms with Crippen molar-refractivity contribution in [2.45, 2.75) is 40.5 Å². The topological polar surface area (TPSA) is 68.3 Å². The number of benzene rings is 1. The number of amides is 1. The third-order valence-electron chi connectivity index (χ3n) is 3.65. The molecule has 2 aromatic rings. The summed E-state index contributed by atoms with van der Waals surface area (Å²) >= 11 is 1.50. The Labute approximate surface area is 158 Å².